The first-order valence-electron chi connectivity index (χ1n) is 4.48. The predicted molar refractivity (Wildman–Crippen MR) is 48.0 cm³/mol. The van der Waals surface area contributed by atoms with E-state index in [2.05, 4.69) is 9.97 Å². The van der Waals surface area contributed by atoms with E-state index in [9.17, 15) is 4.39 Å². The largest absolute Gasteiger partial charge is 0.341 e. The Kier molecular flexibility index (Phi) is 2.12. The molecule has 0 aliphatic heterocycles. The molecule has 1 aliphatic carbocycles. The molecule has 0 unspecified atom stereocenters. The van der Waals surface area contributed by atoms with Crippen molar-refractivity contribution >= 4 is 5.95 Å². The van der Waals surface area contributed by atoms with Crippen LogP contribution < -0.4 is 4.90 Å². The van der Waals surface area contributed by atoms with Crippen LogP contribution in [0.2, 0.25) is 0 Å². The SMILES string of the molecule is CN(c1ncc(F)cn1)C1CCC1. The number of nitrogens with zero attached hydrogens (tertiary/aromatic N) is 3. The van der Waals surface area contributed by atoms with Crippen molar-refractivity contribution in [3.05, 3.63) is 18.2 Å². The lowest BCUT2D eigenvalue weighted by molar-refractivity contribution is 0.396. The van der Waals surface area contributed by atoms with E-state index < -0.39 is 0 Å². The van der Waals surface area contributed by atoms with Crippen molar-refractivity contribution in [3.63, 3.8) is 0 Å². The Balaban J connectivity index is 2.10. The summed E-state index contributed by atoms with van der Waals surface area (Å²) in [5.41, 5.74) is 0. The van der Waals surface area contributed by atoms with Crippen LogP contribution in [-0.2, 0) is 0 Å². The van der Waals surface area contributed by atoms with Crippen LogP contribution in [0.5, 0.6) is 0 Å². The number of hydrogen-bond acceptors (Lipinski definition) is 3. The molecule has 0 spiro atoms. The van der Waals surface area contributed by atoms with E-state index >= 15 is 0 Å². The van der Waals surface area contributed by atoms with Gasteiger partial charge in [0.1, 0.15) is 0 Å². The van der Waals surface area contributed by atoms with Crippen LogP contribution in [0.15, 0.2) is 12.4 Å². The molecule has 1 heterocycles. The smallest absolute Gasteiger partial charge is 0.225 e. The zero-order valence-corrected chi connectivity index (χ0v) is 7.57. The molecule has 1 aliphatic rings. The molecule has 70 valence electrons. The van der Waals surface area contributed by atoms with Gasteiger partial charge in [0.15, 0.2) is 5.82 Å². The molecule has 4 heteroatoms. The number of aromatic nitrogens is 2. The minimum absolute atomic E-state index is 0.384. The highest BCUT2D eigenvalue weighted by atomic mass is 19.1. The van der Waals surface area contributed by atoms with E-state index in [1.165, 1.54) is 31.7 Å². The van der Waals surface area contributed by atoms with Crippen LogP contribution in [0.1, 0.15) is 19.3 Å². The first-order valence-corrected chi connectivity index (χ1v) is 4.48. The quantitative estimate of drug-likeness (QED) is 0.694. The summed E-state index contributed by atoms with van der Waals surface area (Å²) in [6.07, 6.45) is 6.07. The van der Waals surface area contributed by atoms with Gasteiger partial charge in [0.2, 0.25) is 5.95 Å². The maximum absolute atomic E-state index is 12.5. The molecule has 0 N–H and O–H groups in total. The molecule has 0 radical (unpaired) electrons. The van der Waals surface area contributed by atoms with Crippen molar-refractivity contribution in [2.75, 3.05) is 11.9 Å². The third kappa shape index (κ3) is 1.61. The van der Waals surface area contributed by atoms with Crippen LogP contribution in [0.25, 0.3) is 0 Å². The maximum atomic E-state index is 12.5. The van der Waals surface area contributed by atoms with Crippen molar-refractivity contribution in [1.29, 1.82) is 0 Å². The standard InChI is InChI=1S/C9H12FN3/c1-13(8-3-2-4-8)9-11-5-7(10)6-12-9/h5-6,8H,2-4H2,1H3. The molecule has 13 heavy (non-hydrogen) atoms. The van der Waals surface area contributed by atoms with Gasteiger partial charge in [-0.3, -0.25) is 0 Å². The average molecular weight is 181 g/mol. The molecule has 0 saturated heterocycles. The van der Waals surface area contributed by atoms with Crippen molar-refractivity contribution in [2.24, 2.45) is 0 Å². The highest BCUT2D eigenvalue weighted by molar-refractivity contribution is 5.29. The summed E-state index contributed by atoms with van der Waals surface area (Å²) in [4.78, 5) is 9.86. The molecular weight excluding hydrogens is 169 g/mol. The summed E-state index contributed by atoms with van der Waals surface area (Å²) in [5.74, 6) is 0.233. The Labute approximate surface area is 76.6 Å². The lowest BCUT2D eigenvalue weighted by Gasteiger charge is -2.34. The first kappa shape index (κ1) is 8.41. The summed E-state index contributed by atoms with van der Waals surface area (Å²) in [7, 11) is 1.96. The molecular formula is C9H12FN3. The van der Waals surface area contributed by atoms with E-state index in [1.807, 2.05) is 11.9 Å². The van der Waals surface area contributed by atoms with Gasteiger partial charge in [0.25, 0.3) is 0 Å². The number of anilines is 1. The van der Waals surface area contributed by atoms with Gasteiger partial charge in [-0.15, -0.1) is 0 Å². The van der Waals surface area contributed by atoms with Gasteiger partial charge in [-0.1, -0.05) is 0 Å². The summed E-state index contributed by atoms with van der Waals surface area (Å²) in [6.45, 7) is 0. The predicted octanol–water partition coefficient (Wildman–Crippen LogP) is 1.60. The Morgan fingerprint density at radius 2 is 2.00 bits per heavy atom. The Hall–Kier alpha value is -1.19. The second kappa shape index (κ2) is 3.28. The molecule has 1 aromatic heterocycles. The van der Waals surface area contributed by atoms with Crippen LogP contribution in [0, 0.1) is 5.82 Å². The van der Waals surface area contributed by atoms with Crippen molar-refractivity contribution in [2.45, 2.75) is 25.3 Å². The lowest BCUT2D eigenvalue weighted by atomic mass is 9.92. The molecule has 3 nitrogen and oxygen atoms in total. The second-order valence-corrected chi connectivity index (χ2v) is 3.40. The van der Waals surface area contributed by atoms with Crippen LogP contribution in [0.3, 0.4) is 0 Å². The second-order valence-electron chi connectivity index (χ2n) is 3.40. The summed E-state index contributed by atoms with van der Waals surface area (Å²) < 4.78 is 12.5. The number of hydrogen-bond donors (Lipinski definition) is 0. The Bertz CT molecular complexity index is 281. The minimum Gasteiger partial charge on any atom is -0.341 e. The zero-order chi connectivity index (χ0) is 9.26. The topological polar surface area (TPSA) is 29.0 Å². The fourth-order valence-corrected chi connectivity index (χ4v) is 1.42. The molecule has 0 atom stereocenters. The summed E-state index contributed by atoms with van der Waals surface area (Å²) >= 11 is 0. The fourth-order valence-electron chi connectivity index (χ4n) is 1.42. The highest BCUT2D eigenvalue weighted by Crippen LogP contribution is 2.25. The molecule has 1 fully saturated rings. The van der Waals surface area contributed by atoms with Gasteiger partial charge in [-0.2, -0.15) is 0 Å². The first-order chi connectivity index (χ1) is 6.27. The van der Waals surface area contributed by atoms with E-state index in [0.717, 1.165) is 0 Å². The Morgan fingerprint density at radius 3 is 2.46 bits per heavy atom. The van der Waals surface area contributed by atoms with Gasteiger partial charge in [-0.05, 0) is 19.3 Å². The van der Waals surface area contributed by atoms with Gasteiger partial charge in [0.05, 0.1) is 12.4 Å². The summed E-state index contributed by atoms with van der Waals surface area (Å²) in [6, 6.07) is 0.547. The molecule has 2 rings (SSSR count). The van der Waals surface area contributed by atoms with Crippen molar-refractivity contribution in [1.82, 2.24) is 9.97 Å². The molecule has 0 bridgehead atoms. The van der Waals surface area contributed by atoms with Gasteiger partial charge in [0, 0.05) is 13.1 Å². The van der Waals surface area contributed by atoms with Crippen LogP contribution in [0.4, 0.5) is 10.3 Å². The molecule has 1 aromatic rings. The average Bonchev–Trinajstić information content (AvgIpc) is 2.02. The highest BCUT2D eigenvalue weighted by Gasteiger charge is 2.23. The number of halogens is 1. The van der Waals surface area contributed by atoms with Crippen LogP contribution in [-0.4, -0.2) is 23.1 Å². The molecule has 0 amide bonds. The molecule has 1 saturated carbocycles. The molecule has 0 aromatic carbocycles. The third-order valence-electron chi connectivity index (χ3n) is 2.54. The van der Waals surface area contributed by atoms with E-state index in [-0.39, 0.29) is 5.82 Å². The monoisotopic (exact) mass is 181 g/mol. The summed E-state index contributed by atoms with van der Waals surface area (Å²) in [5, 5.41) is 0. The van der Waals surface area contributed by atoms with Gasteiger partial charge in [-0.25, -0.2) is 14.4 Å². The van der Waals surface area contributed by atoms with Crippen LogP contribution >= 0.6 is 0 Å². The third-order valence-corrected chi connectivity index (χ3v) is 2.54. The van der Waals surface area contributed by atoms with E-state index in [0.29, 0.717) is 12.0 Å². The fraction of sp³-hybridized carbons (Fsp3) is 0.556. The lowest BCUT2D eigenvalue weighted by Crippen LogP contribution is -2.38. The Morgan fingerprint density at radius 1 is 1.38 bits per heavy atom. The van der Waals surface area contributed by atoms with Gasteiger partial charge >= 0.3 is 0 Å². The number of rotatable bonds is 2. The normalized spacial score (nSPS) is 16.8. The maximum Gasteiger partial charge on any atom is 0.225 e. The van der Waals surface area contributed by atoms with E-state index in [1.54, 1.807) is 0 Å². The van der Waals surface area contributed by atoms with Crippen molar-refractivity contribution in [3.8, 4) is 0 Å². The zero-order valence-electron chi connectivity index (χ0n) is 7.57. The van der Waals surface area contributed by atoms with E-state index in [4.69, 9.17) is 0 Å². The van der Waals surface area contributed by atoms with Gasteiger partial charge < -0.3 is 4.90 Å². The van der Waals surface area contributed by atoms with Crippen molar-refractivity contribution < 1.29 is 4.39 Å². The minimum atomic E-state index is -0.384.